The molecule has 4 nitrogen and oxygen atoms in total. The van der Waals surface area contributed by atoms with Crippen molar-refractivity contribution in [2.45, 2.75) is 6.54 Å². The fourth-order valence-corrected chi connectivity index (χ4v) is 3.35. The van der Waals surface area contributed by atoms with Gasteiger partial charge in [-0.1, -0.05) is 41.4 Å². The number of hydrogen-bond acceptors (Lipinski definition) is 2. The number of quaternary nitrogens is 1. The lowest BCUT2D eigenvalue weighted by molar-refractivity contribution is -0.929. The van der Waals surface area contributed by atoms with Crippen LogP contribution in [0.25, 0.3) is 6.08 Å². The molecule has 7 heteroatoms. The first kappa shape index (κ1) is 23.2. The molecule has 1 fully saturated rings. The molecule has 0 radical (unpaired) electrons. The van der Waals surface area contributed by atoms with E-state index < -0.39 is 0 Å². The van der Waals surface area contributed by atoms with Crippen LogP contribution in [-0.2, 0) is 16.1 Å². The summed E-state index contributed by atoms with van der Waals surface area (Å²) in [5.74, 6) is -0.194. The van der Waals surface area contributed by atoms with Gasteiger partial charge in [0.25, 0.3) is 0 Å². The van der Waals surface area contributed by atoms with E-state index in [-0.39, 0.29) is 29.9 Å². The summed E-state index contributed by atoms with van der Waals surface area (Å²) in [6.45, 7) is 4.65. The zero-order chi connectivity index (χ0) is 19.3. The molecule has 0 saturated carbocycles. The zero-order valence-corrected chi connectivity index (χ0v) is 19.3. The highest BCUT2D eigenvalue weighted by Crippen LogP contribution is 2.23. The second kappa shape index (κ2) is 10.6. The normalized spacial score (nSPS) is 15.8. The van der Waals surface area contributed by atoms with E-state index in [0.717, 1.165) is 48.6 Å². The zero-order valence-electron chi connectivity index (χ0n) is 15.6. The Bertz CT molecular complexity index is 835. The number of hydrogen-bond donors (Lipinski definition) is 1. The highest BCUT2D eigenvalue weighted by atomic mass is 127. The molecule has 0 aliphatic carbocycles. The molecule has 0 atom stereocenters. The van der Waals surface area contributed by atoms with Gasteiger partial charge in [-0.25, -0.2) is 0 Å². The number of nitrogens with zero attached hydrogens (tertiary/aromatic N) is 1. The number of rotatable bonds is 5. The molecule has 0 aromatic heterocycles. The molecule has 3 rings (SSSR count). The van der Waals surface area contributed by atoms with Gasteiger partial charge in [-0.15, -0.1) is 0 Å². The maximum atomic E-state index is 12.1. The van der Waals surface area contributed by atoms with Gasteiger partial charge in [0.1, 0.15) is 19.6 Å². The minimum atomic E-state index is -0.194. The van der Waals surface area contributed by atoms with E-state index in [1.54, 1.807) is 18.2 Å². The van der Waals surface area contributed by atoms with E-state index in [4.69, 9.17) is 27.9 Å². The summed E-state index contributed by atoms with van der Waals surface area (Å²) in [6.07, 6.45) is 3.18. The van der Waals surface area contributed by atoms with Gasteiger partial charge in [-0.3, -0.25) is 4.79 Å². The third-order valence-corrected chi connectivity index (χ3v) is 5.45. The molecule has 1 amide bonds. The van der Waals surface area contributed by atoms with Gasteiger partial charge in [-0.05, 0) is 35.9 Å². The molecule has 2 aromatic rings. The summed E-state index contributed by atoms with van der Waals surface area (Å²) in [6, 6.07) is 13.2. The lowest BCUT2D eigenvalue weighted by Crippen LogP contribution is -3.00. The summed E-state index contributed by atoms with van der Waals surface area (Å²) in [4.78, 5) is 12.1. The topological polar surface area (TPSA) is 38.3 Å². The molecule has 150 valence electrons. The Labute approximate surface area is 193 Å². The van der Waals surface area contributed by atoms with E-state index >= 15 is 0 Å². The van der Waals surface area contributed by atoms with E-state index in [0.29, 0.717) is 10.0 Å². The number of morpholine rings is 1. The van der Waals surface area contributed by atoms with Gasteiger partial charge in [0.05, 0.1) is 30.3 Å². The second-order valence-electron chi connectivity index (χ2n) is 7.03. The lowest BCUT2D eigenvalue weighted by atomic mass is 10.1. The van der Waals surface area contributed by atoms with Crippen LogP contribution in [0.4, 0.5) is 5.69 Å². The average Bonchev–Trinajstić information content (AvgIpc) is 2.65. The number of nitrogens with one attached hydrogen (secondary N) is 1. The predicted molar refractivity (Wildman–Crippen MR) is 111 cm³/mol. The average molecular weight is 533 g/mol. The smallest absolute Gasteiger partial charge is 0.248 e. The van der Waals surface area contributed by atoms with Gasteiger partial charge in [0, 0.05) is 17.3 Å². The quantitative estimate of drug-likeness (QED) is 0.361. The van der Waals surface area contributed by atoms with Crippen LogP contribution in [0.3, 0.4) is 0 Å². The Morgan fingerprint density at radius 2 is 1.79 bits per heavy atom. The fraction of sp³-hybridized carbons (Fsp3) is 0.286. The fourth-order valence-electron chi connectivity index (χ4n) is 3.05. The second-order valence-corrected chi connectivity index (χ2v) is 7.84. The molecule has 0 bridgehead atoms. The third kappa shape index (κ3) is 6.74. The molecular formula is C21H23Cl2IN2O2. The summed E-state index contributed by atoms with van der Waals surface area (Å²) < 4.78 is 6.43. The van der Waals surface area contributed by atoms with Gasteiger partial charge >= 0.3 is 0 Å². The molecule has 1 N–H and O–H groups in total. The van der Waals surface area contributed by atoms with Crippen molar-refractivity contribution in [1.29, 1.82) is 0 Å². The molecule has 0 spiro atoms. The largest absolute Gasteiger partial charge is 1.00 e. The van der Waals surface area contributed by atoms with Crippen LogP contribution in [0.5, 0.6) is 0 Å². The Balaban J connectivity index is 0.00000280. The summed E-state index contributed by atoms with van der Waals surface area (Å²) in [5.41, 5.74) is 2.84. The molecule has 1 heterocycles. The summed E-state index contributed by atoms with van der Waals surface area (Å²) in [5, 5.41) is 3.83. The van der Waals surface area contributed by atoms with Crippen molar-refractivity contribution in [3.8, 4) is 0 Å². The van der Waals surface area contributed by atoms with Crippen LogP contribution in [0.1, 0.15) is 11.1 Å². The van der Waals surface area contributed by atoms with Crippen molar-refractivity contribution >= 4 is 40.9 Å². The Hall–Kier alpha value is -1.12. The molecule has 1 aliphatic rings. The number of anilines is 1. The van der Waals surface area contributed by atoms with E-state index in [9.17, 15) is 4.79 Å². The van der Waals surface area contributed by atoms with Gasteiger partial charge in [0.15, 0.2) is 0 Å². The molecule has 1 saturated heterocycles. The van der Waals surface area contributed by atoms with Crippen molar-refractivity contribution in [2.24, 2.45) is 0 Å². The number of benzene rings is 2. The highest BCUT2D eigenvalue weighted by molar-refractivity contribution is 6.42. The molecule has 28 heavy (non-hydrogen) atoms. The van der Waals surface area contributed by atoms with E-state index in [2.05, 4.69) is 24.5 Å². The van der Waals surface area contributed by atoms with Crippen molar-refractivity contribution in [2.75, 3.05) is 38.7 Å². The van der Waals surface area contributed by atoms with Crippen LogP contribution in [-0.4, -0.2) is 43.7 Å². The predicted octanol–water partition coefficient (Wildman–Crippen LogP) is 1.63. The van der Waals surface area contributed by atoms with Gasteiger partial charge in [-0.2, -0.15) is 0 Å². The molecule has 2 aromatic carbocycles. The van der Waals surface area contributed by atoms with Crippen LogP contribution in [0.15, 0.2) is 48.5 Å². The number of amides is 1. The number of carbonyl (C=O) groups is 1. The van der Waals surface area contributed by atoms with Crippen molar-refractivity contribution in [3.63, 3.8) is 0 Å². The van der Waals surface area contributed by atoms with Crippen molar-refractivity contribution in [1.82, 2.24) is 0 Å². The minimum Gasteiger partial charge on any atom is -1.00 e. The van der Waals surface area contributed by atoms with E-state index in [1.807, 2.05) is 18.2 Å². The minimum absolute atomic E-state index is 0. The summed E-state index contributed by atoms with van der Waals surface area (Å²) >= 11 is 11.9. The van der Waals surface area contributed by atoms with Gasteiger partial charge in [0.2, 0.25) is 5.91 Å². The van der Waals surface area contributed by atoms with Crippen LogP contribution < -0.4 is 29.3 Å². The first-order valence-electron chi connectivity index (χ1n) is 8.88. The van der Waals surface area contributed by atoms with Crippen LogP contribution in [0.2, 0.25) is 10.0 Å². The lowest BCUT2D eigenvalue weighted by Gasteiger charge is -2.37. The molecule has 0 unspecified atom stereocenters. The number of ether oxygens (including phenoxy) is 1. The van der Waals surface area contributed by atoms with Gasteiger partial charge < -0.3 is 38.5 Å². The molecule has 1 aliphatic heterocycles. The van der Waals surface area contributed by atoms with Crippen molar-refractivity contribution in [3.05, 3.63) is 69.7 Å². The van der Waals surface area contributed by atoms with E-state index in [1.165, 1.54) is 11.6 Å². The van der Waals surface area contributed by atoms with Crippen molar-refractivity contribution < 1.29 is 38.0 Å². The maximum absolute atomic E-state index is 12.1. The first-order valence-corrected chi connectivity index (χ1v) is 9.63. The first-order chi connectivity index (χ1) is 12.9. The Morgan fingerprint density at radius 1 is 1.11 bits per heavy atom. The number of halogens is 3. The Kier molecular flexibility index (Phi) is 8.77. The SMILES string of the molecule is C[N+]1(Cc2ccc(NC(=O)/C=C/c3ccc(Cl)c(Cl)c3)cc2)CCOCC1.[I-]. The number of carbonyl (C=O) groups excluding carboxylic acids is 1. The monoisotopic (exact) mass is 532 g/mol. The molecular weight excluding hydrogens is 510 g/mol. The summed E-state index contributed by atoms with van der Waals surface area (Å²) in [7, 11) is 2.26. The van der Waals surface area contributed by atoms with Crippen LogP contribution in [0, 0.1) is 0 Å². The highest BCUT2D eigenvalue weighted by Gasteiger charge is 2.25. The maximum Gasteiger partial charge on any atom is 0.248 e. The Morgan fingerprint density at radius 3 is 2.43 bits per heavy atom. The third-order valence-electron chi connectivity index (χ3n) is 4.71. The van der Waals surface area contributed by atoms with Crippen LogP contribution >= 0.6 is 23.2 Å². The number of likely N-dealkylation sites (N-methyl/N-ethyl adjacent to an activating group) is 1. The standard InChI is InChI=1S/C21H22Cl2N2O2.HI/c1-25(10-12-27-13-11-25)15-17-2-6-18(7-3-17)24-21(26)9-5-16-4-8-19(22)20(23)14-16;/h2-9,14H,10-13,15H2,1H3;1H/b9-5+;.